The number of amides is 3. The number of benzene rings is 1. The molecular weight excluding hydrogens is 370 g/mol. The molecule has 2 fully saturated rings. The molecule has 0 atom stereocenters. The zero-order valence-electron chi connectivity index (χ0n) is 15.1. The first-order valence-electron chi connectivity index (χ1n) is 9.27. The quantitative estimate of drug-likeness (QED) is 0.772. The Hall–Kier alpha value is -2.28. The number of halogens is 1. The summed E-state index contributed by atoms with van der Waals surface area (Å²) in [6, 6.07) is 6.67. The molecule has 3 amide bonds. The van der Waals surface area contributed by atoms with Gasteiger partial charge in [0, 0.05) is 36.9 Å². The first-order valence-corrected chi connectivity index (χ1v) is 9.64. The van der Waals surface area contributed by atoms with Crippen molar-refractivity contribution in [1.82, 2.24) is 9.80 Å². The number of nitrogens with one attached hydrogen (secondary N) is 1. The van der Waals surface area contributed by atoms with Crippen LogP contribution in [0.4, 0.5) is 10.5 Å². The van der Waals surface area contributed by atoms with E-state index in [1.807, 2.05) is 0 Å². The van der Waals surface area contributed by atoms with E-state index in [0.717, 1.165) is 12.8 Å². The Balaban J connectivity index is 1.62. The van der Waals surface area contributed by atoms with Gasteiger partial charge in [-0.2, -0.15) is 0 Å². The molecule has 2 aliphatic rings. The Bertz CT molecular complexity index is 733. The van der Waals surface area contributed by atoms with Crippen LogP contribution in [0.15, 0.2) is 24.3 Å². The van der Waals surface area contributed by atoms with Crippen LogP contribution in [0.2, 0.25) is 5.02 Å². The van der Waals surface area contributed by atoms with Crippen LogP contribution in [-0.2, 0) is 9.59 Å². The minimum Gasteiger partial charge on any atom is -0.480 e. The SMILES string of the molecule is O=C(Nc1cccc(Cl)c1)N1CCCN(C(=O)C2(C(=O)O)CCCC2)CC1. The zero-order chi connectivity index (χ0) is 19.4. The summed E-state index contributed by atoms with van der Waals surface area (Å²) in [5.41, 5.74) is -0.668. The molecular formula is C19H24ClN3O4. The Morgan fingerprint density at radius 1 is 1.00 bits per heavy atom. The van der Waals surface area contributed by atoms with Gasteiger partial charge in [-0.1, -0.05) is 30.5 Å². The third-order valence-corrected chi connectivity index (χ3v) is 5.66. The molecule has 0 aromatic heterocycles. The smallest absolute Gasteiger partial charge is 0.321 e. The van der Waals surface area contributed by atoms with Gasteiger partial charge in [0.15, 0.2) is 0 Å². The molecule has 1 heterocycles. The van der Waals surface area contributed by atoms with Crippen molar-refractivity contribution in [2.24, 2.45) is 5.41 Å². The molecule has 0 spiro atoms. The summed E-state index contributed by atoms with van der Waals surface area (Å²) < 4.78 is 0. The average Bonchev–Trinajstić information content (AvgIpc) is 3.01. The number of carboxylic acids is 1. The molecule has 1 aliphatic heterocycles. The number of hydrogen-bond acceptors (Lipinski definition) is 3. The highest BCUT2D eigenvalue weighted by Gasteiger charge is 2.50. The molecule has 1 saturated carbocycles. The van der Waals surface area contributed by atoms with Gasteiger partial charge in [-0.05, 0) is 37.5 Å². The topological polar surface area (TPSA) is 90.0 Å². The van der Waals surface area contributed by atoms with Crippen LogP contribution in [0.25, 0.3) is 0 Å². The van der Waals surface area contributed by atoms with Crippen LogP contribution in [0.5, 0.6) is 0 Å². The van der Waals surface area contributed by atoms with E-state index in [-0.39, 0.29) is 11.9 Å². The van der Waals surface area contributed by atoms with E-state index in [9.17, 15) is 19.5 Å². The molecule has 2 N–H and O–H groups in total. The highest BCUT2D eigenvalue weighted by atomic mass is 35.5. The lowest BCUT2D eigenvalue weighted by atomic mass is 9.84. The Kier molecular flexibility index (Phi) is 5.89. The Morgan fingerprint density at radius 2 is 1.67 bits per heavy atom. The molecule has 8 heteroatoms. The third kappa shape index (κ3) is 4.18. The van der Waals surface area contributed by atoms with Crippen LogP contribution in [0, 0.1) is 5.41 Å². The summed E-state index contributed by atoms with van der Waals surface area (Å²) in [6.45, 7) is 1.69. The standard InChI is InChI=1S/C19H24ClN3O4/c20-14-5-3-6-15(13-14)21-18(27)23-10-4-9-22(11-12-23)16(24)19(17(25)26)7-1-2-8-19/h3,5-6,13H,1-2,4,7-12H2,(H,21,27)(H,25,26). The molecule has 1 saturated heterocycles. The number of aliphatic carboxylic acids is 1. The summed E-state index contributed by atoms with van der Waals surface area (Å²) >= 11 is 5.94. The second-order valence-electron chi connectivity index (χ2n) is 7.17. The largest absolute Gasteiger partial charge is 0.480 e. The highest BCUT2D eigenvalue weighted by Crippen LogP contribution is 2.40. The highest BCUT2D eigenvalue weighted by molar-refractivity contribution is 6.30. The van der Waals surface area contributed by atoms with E-state index >= 15 is 0 Å². The number of carbonyl (C=O) groups excluding carboxylic acids is 2. The van der Waals surface area contributed by atoms with Crippen molar-refractivity contribution in [3.63, 3.8) is 0 Å². The van der Waals surface area contributed by atoms with E-state index in [2.05, 4.69) is 5.32 Å². The molecule has 0 radical (unpaired) electrons. The van der Waals surface area contributed by atoms with Gasteiger partial charge in [-0.3, -0.25) is 9.59 Å². The summed E-state index contributed by atoms with van der Waals surface area (Å²) in [5, 5.41) is 13.0. The summed E-state index contributed by atoms with van der Waals surface area (Å²) in [6.07, 6.45) is 2.94. The van der Waals surface area contributed by atoms with Crippen molar-refractivity contribution in [3.8, 4) is 0 Å². The van der Waals surface area contributed by atoms with E-state index in [1.54, 1.807) is 34.1 Å². The molecule has 146 valence electrons. The van der Waals surface area contributed by atoms with Crippen LogP contribution in [0.3, 0.4) is 0 Å². The van der Waals surface area contributed by atoms with Crippen molar-refractivity contribution in [2.45, 2.75) is 32.1 Å². The predicted octanol–water partition coefficient (Wildman–Crippen LogP) is 3.05. The fourth-order valence-corrected chi connectivity index (χ4v) is 4.08. The van der Waals surface area contributed by atoms with Crippen LogP contribution in [-0.4, -0.2) is 59.0 Å². The van der Waals surface area contributed by atoms with Gasteiger partial charge >= 0.3 is 12.0 Å². The number of urea groups is 1. The van der Waals surface area contributed by atoms with Crippen molar-refractivity contribution in [1.29, 1.82) is 0 Å². The predicted molar refractivity (Wildman–Crippen MR) is 102 cm³/mol. The average molecular weight is 394 g/mol. The number of anilines is 1. The first-order chi connectivity index (χ1) is 12.9. The summed E-state index contributed by atoms with van der Waals surface area (Å²) in [5.74, 6) is -1.32. The Labute approximate surface area is 163 Å². The maximum atomic E-state index is 12.9. The lowest BCUT2D eigenvalue weighted by Gasteiger charge is -2.30. The first kappa shape index (κ1) is 19.5. The van der Waals surface area contributed by atoms with Gasteiger partial charge < -0.3 is 20.2 Å². The fourth-order valence-electron chi connectivity index (χ4n) is 3.89. The fraction of sp³-hybridized carbons (Fsp3) is 0.526. The van der Waals surface area contributed by atoms with Gasteiger partial charge in [0.05, 0.1) is 0 Å². The van der Waals surface area contributed by atoms with Crippen LogP contribution >= 0.6 is 11.6 Å². The normalized spacial score (nSPS) is 19.4. The molecule has 27 heavy (non-hydrogen) atoms. The van der Waals surface area contributed by atoms with Gasteiger partial charge in [0.1, 0.15) is 5.41 Å². The number of carbonyl (C=O) groups is 3. The van der Waals surface area contributed by atoms with Crippen molar-refractivity contribution >= 4 is 35.2 Å². The number of nitrogens with zero attached hydrogens (tertiary/aromatic N) is 2. The third-order valence-electron chi connectivity index (χ3n) is 5.42. The lowest BCUT2D eigenvalue weighted by Crippen LogP contribution is -2.48. The zero-order valence-corrected chi connectivity index (χ0v) is 15.9. The van der Waals surface area contributed by atoms with E-state index in [4.69, 9.17) is 11.6 Å². The van der Waals surface area contributed by atoms with Gasteiger partial charge in [-0.25, -0.2) is 4.79 Å². The van der Waals surface area contributed by atoms with E-state index in [0.29, 0.717) is 56.2 Å². The van der Waals surface area contributed by atoms with Crippen LogP contribution < -0.4 is 5.32 Å². The minimum absolute atomic E-state index is 0.250. The lowest BCUT2D eigenvalue weighted by molar-refractivity contribution is -0.160. The van der Waals surface area contributed by atoms with Gasteiger partial charge in [-0.15, -0.1) is 0 Å². The second-order valence-corrected chi connectivity index (χ2v) is 7.60. The maximum absolute atomic E-state index is 12.9. The van der Waals surface area contributed by atoms with Gasteiger partial charge in [0.2, 0.25) is 5.91 Å². The summed E-state index contributed by atoms with van der Waals surface area (Å²) in [7, 11) is 0. The molecule has 1 aliphatic carbocycles. The molecule has 1 aromatic rings. The molecule has 0 unspecified atom stereocenters. The van der Waals surface area contributed by atoms with Gasteiger partial charge in [0.25, 0.3) is 0 Å². The van der Waals surface area contributed by atoms with E-state index in [1.165, 1.54) is 0 Å². The maximum Gasteiger partial charge on any atom is 0.321 e. The van der Waals surface area contributed by atoms with Crippen LogP contribution in [0.1, 0.15) is 32.1 Å². The number of rotatable bonds is 3. The Morgan fingerprint density at radius 3 is 2.33 bits per heavy atom. The van der Waals surface area contributed by atoms with Crippen molar-refractivity contribution in [3.05, 3.63) is 29.3 Å². The molecule has 7 nitrogen and oxygen atoms in total. The molecule has 0 bridgehead atoms. The van der Waals surface area contributed by atoms with Crippen molar-refractivity contribution in [2.75, 3.05) is 31.5 Å². The molecule has 1 aromatic carbocycles. The second kappa shape index (κ2) is 8.17. The minimum atomic E-state index is -1.28. The van der Waals surface area contributed by atoms with Crippen molar-refractivity contribution < 1.29 is 19.5 Å². The molecule has 3 rings (SSSR count). The van der Waals surface area contributed by atoms with E-state index < -0.39 is 11.4 Å². The summed E-state index contributed by atoms with van der Waals surface area (Å²) in [4.78, 5) is 40.5. The number of carboxylic acid groups (broad SMARTS) is 1. The monoisotopic (exact) mass is 393 g/mol. The number of hydrogen-bond donors (Lipinski definition) is 2.